The summed E-state index contributed by atoms with van der Waals surface area (Å²) in [6.07, 6.45) is 4.87. The van der Waals surface area contributed by atoms with Gasteiger partial charge >= 0.3 is 0 Å². The van der Waals surface area contributed by atoms with Gasteiger partial charge in [0.15, 0.2) is 11.5 Å². The highest BCUT2D eigenvalue weighted by Gasteiger charge is 2.44. The third-order valence-electron chi connectivity index (χ3n) is 5.10. The number of carbonyl (C=O) groups is 1. The van der Waals surface area contributed by atoms with Crippen molar-refractivity contribution in [1.82, 2.24) is 0 Å². The molecule has 1 N–H and O–H groups in total. The molecule has 1 spiro atoms. The lowest BCUT2D eigenvalue weighted by atomic mass is 9.95. The molecule has 1 amide bonds. The zero-order chi connectivity index (χ0) is 17.3. The second-order valence-corrected chi connectivity index (χ2v) is 6.84. The van der Waals surface area contributed by atoms with Crippen LogP contribution in [0.5, 0.6) is 11.5 Å². The van der Waals surface area contributed by atoms with Gasteiger partial charge in [-0.1, -0.05) is 37.3 Å². The van der Waals surface area contributed by atoms with E-state index in [9.17, 15) is 4.79 Å². The van der Waals surface area contributed by atoms with Gasteiger partial charge in [-0.05, 0) is 37.0 Å². The molecule has 4 nitrogen and oxygen atoms in total. The molecule has 4 heteroatoms. The van der Waals surface area contributed by atoms with Gasteiger partial charge in [0, 0.05) is 24.6 Å². The Morgan fingerprint density at radius 2 is 1.80 bits per heavy atom. The van der Waals surface area contributed by atoms with Crippen molar-refractivity contribution in [3.63, 3.8) is 0 Å². The van der Waals surface area contributed by atoms with Crippen molar-refractivity contribution >= 4 is 11.6 Å². The summed E-state index contributed by atoms with van der Waals surface area (Å²) in [4.78, 5) is 12.7. The number of nitrogens with one attached hydrogen (secondary N) is 1. The Bertz CT molecular complexity index is 766. The van der Waals surface area contributed by atoms with Crippen LogP contribution in [0.25, 0.3) is 0 Å². The Kier molecular flexibility index (Phi) is 4.12. The number of hydrogen-bond acceptors (Lipinski definition) is 3. The molecular weight excluding hydrogens is 314 g/mol. The molecular formula is C21H23NO3. The van der Waals surface area contributed by atoms with Crippen LogP contribution in [0.3, 0.4) is 0 Å². The molecule has 130 valence electrons. The van der Waals surface area contributed by atoms with Crippen molar-refractivity contribution < 1.29 is 14.3 Å². The highest BCUT2D eigenvalue weighted by molar-refractivity contribution is 5.96. The summed E-state index contributed by atoms with van der Waals surface area (Å²) in [5.41, 5.74) is 1.78. The average Bonchev–Trinajstić information content (AvgIpc) is 3.22. The van der Waals surface area contributed by atoms with Gasteiger partial charge in [-0.2, -0.15) is 0 Å². The van der Waals surface area contributed by atoms with Crippen LogP contribution in [0.4, 0.5) is 5.69 Å². The van der Waals surface area contributed by atoms with E-state index in [2.05, 4.69) is 5.32 Å². The van der Waals surface area contributed by atoms with Crippen LogP contribution in [0.2, 0.25) is 0 Å². The highest BCUT2D eigenvalue weighted by Crippen LogP contribution is 2.47. The summed E-state index contributed by atoms with van der Waals surface area (Å²) in [5.74, 6) is 0.874. The number of rotatable bonds is 4. The summed E-state index contributed by atoms with van der Waals surface area (Å²) < 4.78 is 12.1. The first-order valence-corrected chi connectivity index (χ1v) is 9.07. The fourth-order valence-corrected chi connectivity index (χ4v) is 3.78. The minimum atomic E-state index is -0.471. The Morgan fingerprint density at radius 1 is 1.08 bits per heavy atom. The van der Waals surface area contributed by atoms with E-state index in [0.717, 1.165) is 54.9 Å². The molecule has 2 aromatic rings. The zero-order valence-corrected chi connectivity index (χ0v) is 14.5. The lowest BCUT2D eigenvalue weighted by Gasteiger charge is -2.21. The van der Waals surface area contributed by atoms with Gasteiger partial charge in [0.05, 0.1) is 5.92 Å². The van der Waals surface area contributed by atoms with Gasteiger partial charge in [0.2, 0.25) is 5.91 Å². The van der Waals surface area contributed by atoms with Crippen molar-refractivity contribution in [2.75, 3.05) is 5.32 Å². The Morgan fingerprint density at radius 3 is 2.52 bits per heavy atom. The van der Waals surface area contributed by atoms with Crippen molar-refractivity contribution in [2.45, 2.75) is 50.7 Å². The normalized spacial score (nSPS) is 18.3. The molecule has 0 aromatic heterocycles. The van der Waals surface area contributed by atoms with Gasteiger partial charge in [0.1, 0.15) is 0 Å². The number of carbonyl (C=O) groups excluding carboxylic acids is 1. The first-order chi connectivity index (χ1) is 12.2. The van der Waals surface area contributed by atoms with Crippen molar-refractivity contribution in [2.24, 2.45) is 0 Å². The number of ether oxygens (including phenoxy) is 2. The lowest BCUT2D eigenvalue weighted by molar-refractivity contribution is -0.117. The molecule has 25 heavy (non-hydrogen) atoms. The third-order valence-corrected chi connectivity index (χ3v) is 5.10. The monoisotopic (exact) mass is 337 g/mol. The third kappa shape index (κ3) is 3.09. The van der Waals surface area contributed by atoms with Crippen LogP contribution in [0, 0.1) is 0 Å². The molecule has 4 rings (SSSR count). The van der Waals surface area contributed by atoms with Gasteiger partial charge in [-0.25, -0.2) is 0 Å². The maximum Gasteiger partial charge on any atom is 0.251 e. The summed E-state index contributed by atoms with van der Waals surface area (Å²) in [6, 6.07) is 15.5. The average molecular weight is 337 g/mol. The smallest absolute Gasteiger partial charge is 0.251 e. The molecule has 0 bridgehead atoms. The van der Waals surface area contributed by atoms with Crippen LogP contribution >= 0.6 is 0 Å². The standard InChI is InChI=1S/C21H23NO3/c1-2-17(15-8-4-3-5-9-15)20(23)22-16-10-11-18-19(14-16)25-21(24-18)12-6-7-13-21/h3-5,8-11,14,17H,2,6-7,12-13H2,1H3,(H,22,23). The molecule has 1 atom stereocenters. The van der Waals surface area contributed by atoms with E-state index in [1.54, 1.807) is 0 Å². The van der Waals surface area contributed by atoms with Crippen LogP contribution < -0.4 is 14.8 Å². The largest absolute Gasteiger partial charge is 0.448 e. The van der Waals surface area contributed by atoms with Gasteiger partial charge in [-0.15, -0.1) is 0 Å². The molecule has 1 unspecified atom stereocenters. The minimum absolute atomic E-state index is 0.00291. The number of benzene rings is 2. The molecule has 1 saturated carbocycles. The molecule has 0 radical (unpaired) electrons. The van der Waals surface area contributed by atoms with Gasteiger partial charge < -0.3 is 14.8 Å². The molecule has 2 aliphatic rings. The molecule has 1 fully saturated rings. The summed E-state index contributed by atoms with van der Waals surface area (Å²) in [5, 5.41) is 3.03. The number of amides is 1. The van der Waals surface area contributed by atoms with Crippen molar-refractivity contribution in [3.8, 4) is 11.5 Å². The van der Waals surface area contributed by atoms with Crippen LogP contribution in [0.1, 0.15) is 50.5 Å². The molecule has 0 saturated heterocycles. The Balaban J connectivity index is 1.49. The summed E-state index contributed by atoms with van der Waals surface area (Å²) in [6.45, 7) is 2.03. The van der Waals surface area contributed by atoms with E-state index in [-0.39, 0.29) is 11.8 Å². The van der Waals surface area contributed by atoms with E-state index in [0.29, 0.717) is 0 Å². The first kappa shape index (κ1) is 16.0. The molecule has 1 aliphatic carbocycles. The van der Waals surface area contributed by atoms with Crippen molar-refractivity contribution in [3.05, 3.63) is 54.1 Å². The highest BCUT2D eigenvalue weighted by atomic mass is 16.7. The maximum absolute atomic E-state index is 12.7. The van der Waals surface area contributed by atoms with Crippen LogP contribution in [0.15, 0.2) is 48.5 Å². The van der Waals surface area contributed by atoms with Gasteiger partial charge in [0.25, 0.3) is 5.79 Å². The zero-order valence-electron chi connectivity index (χ0n) is 14.5. The minimum Gasteiger partial charge on any atom is -0.448 e. The van der Waals surface area contributed by atoms with E-state index < -0.39 is 5.79 Å². The van der Waals surface area contributed by atoms with Crippen molar-refractivity contribution in [1.29, 1.82) is 0 Å². The topological polar surface area (TPSA) is 47.6 Å². The number of anilines is 1. The molecule has 1 aliphatic heterocycles. The Labute approximate surface area is 148 Å². The lowest BCUT2D eigenvalue weighted by Crippen LogP contribution is -2.34. The maximum atomic E-state index is 12.7. The number of fused-ring (bicyclic) bond motifs is 1. The number of hydrogen-bond donors (Lipinski definition) is 1. The second-order valence-electron chi connectivity index (χ2n) is 6.84. The van der Waals surface area contributed by atoms with Gasteiger partial charge in [-0.3, -0.25) is 4.79 Å². The fraction of sp³-hybridized carbons (Fsp3) is 0.381. The summed E-state index contributed by atoms with van der Waals surface area (Å²) >= 11 is 0. The predicted molar refractivity (Wildman–Crippen MR) is 97.0 cm³/mol. The van der Waals surface area contributed by atoms with Crippen LogP contribution in [-0.2, 0) is 4.79 Å². The fourth-order valence-electron chi connectivity index (χ4n) is 3.78. The SMILES string of the molecule is CCC(C(=O)Nc1ccc2c(c1)OC1(CCCC1)O2)c1ccccc1. The van der Waals surface area contributed by atoms with E-state index >= 15 is 0 Å². The second kappa shape index (κ2) is 6.43. The van der Waals surface area contributed by atoms with Crippen LogP contribution in [-0.4, -0.2) is 11.7 Å². The van der Waals surface area contributed by atoms with E-state index in [1.165, 1.54) is 0 Å². The van der Waals surface area contributed by atoms with E-state index in [4.69, 9.17) is 9.47 Å². The first-order valence-electron chi connectivity index (χ1n) is 9.07. The Hall–Kier alpha value is -2.49. The molecule has 1 heterocycles. The quantitative estimate of drug-likeness (QED) is 0.866. The molecule has 2 aromatic carbocycles. The summed E-state index contributed by atoms with van der Waals surface area (Å²) in [7, 11) is 0. The van der Waals surface area contributed by atoms with E-state index in [1.807, 2.05) is 55.5 Å². The predicted octanol–water partition coefficient (Wildman–Crippen LogP) is 4.86.